The van der Waals surface area contributed by atoms with Gasteiger partial charge in [0, 0.05) is 38.7 Å². The second-order valence-electron chi connectivity index (χ2n) is 9.62. The number of rotatable bonds is 9. The van der Waals surface area contributed by atoms with E-state index in [4.69, 9.17) is 21.1 Å². The quantitative estimate of drug-likeness (QED) is 0.259. The van der Waals surface area contributed by atoms with Crippen LogP contribution in [0.25, 0.3) is 0 Å². The van der Waals surface area contributed by atoms with Crippen LogP contribution in [0.2, 0.25) is 5.02 Å². The van der Waals surface area contributed by atoms with Crippen LogP contribution in [0.15, 0.2) is 79.4 Å². The number of aliphatic hydroxyl groups is 1. The monoisotopic (exact) mass is 600 g/mol. The number of nitrogens with zero attached hydrogens (tertiary/aromatic N) is 3. The molecule has 0 aliphatic carbocycles. The van der Waals surface area contributed by atoms with Crippen LogP contribution in [-0.2, 0) is 21.6 Å². The topological polar surface area (TPSA) is 98.5 Å². The molecule has 3 aromatic carbocycles. The first-order valence-electron chi connectivity index (χ1n) is 12.8. The Bertz CT molecular complexity index is 1470. The van der Waals surface area contributed by atoms with Crippen molar-refractivity contribution in [2.24, 2.45) is 0 Å². The van der Waals surface area contributed by atoms with E-state index in [-0.39, 0.29) is 23.3 Å². The Balaban J connectivity index is 1.20. The maximum Gasteiger partial charge on any atom is 0.255 e. The van der Waals surface area contributed by atoms with Crippen molar-refractivity contribution in [2.75, 3.05) is 18.5 Å². The third-order valence-electron chi connectivity index (χ3n) is 6.75. The fourth-order valence-corrected chi connectivity index (χ4v) is 5.96. The Morgan fingerprint density at radius 3 is 2.49 bits per heavy atom. The maximum absolute atomic E-state index is 14.8. The summed E-state index contributed by atoms with van der Waals surface area (Å²) in [5.41, 5.74) is 0.0952. The summed E-state index contributed by atoms with van der Waals surface area (Å²) in [6.45, 7) is 2.30. The number of amides is 1. The molecule has 1 amide bonds. The fourth-order valence-electron chi connectivity index (χ4n) is 4.52. The van der Waals surface area contributed by atoms with Gasteiger partial charge in [-0.05, 0) is 42.5 Å². The zero-order valence-electron chi connectivity index (χ0n) is 21.9. The molecule has 1 saturated heterocycles. The molecule has 0 unspecified atom stereocenters. The second-order valence-corrected chi connectivity index (χ2v) is 11.7. The van der Waals surface area contributed by atoms with Crippen molar-refractivity contribution < 1.29 is 28.2 Å². The Hall–Kier alpha value is -3.35. The van der Waals surface area contributed by atoms with Gasteiger partial charge in [-0.15, -0.1) is 11.8 Å². The van der Waals surface area contributed by atoms with E-state index in [1.54, 1.807) is 55.5 Å². The van der Waals surface area contributed by atoms with Crippen LogP contribution in [0.1, 0.15) is 34.7 Å². The Labute approximate surface area is 244 Å². The third kappa shape index (κ3) is 6.94. The van der Waals surface area contributed by atoms with Gasteiger partial charge in [0.05, 0.1) is 25.0 Å². The number of anilines is 1. The summed E-state index contributed by atoms with van der Waals surface area (Å²) in [7, 11) is 0. The lowest BCUT2D eigenvalue weighted by Crippen LogP contribution is -2.43. The summed E-state index contributed by atoms with van der Waals surface area (Å²) < 4.78 is 41.8. The number of carbonyl (C=O) groups excluding carboxylic acids is 1. The predicted molar refractivity (Wildman–Crippen MR) is 152 cm³/mol. The molecule has 2 heterocycles. The standard InChI is InChI=1S/C29H27ClF2N4O4S/c1-18(29(38,15-36-17-33-16-34-36)25-11-8-22(31)12-26(25)32)41-24-13-39-28(40-14-24)20-4-2-19(3-5-20)27(37)35-23-9-6-21(30)7-10-23/h2-12,16-18,24,28,38H,13-15H2,1H3,(H,35,37)/t18-,24?,28?,29-/m1/s1. The number of aromatic nitrogens is 3. The molecule has 2 atom stereocenters. The van der Waals surface area contributed by atoms with Crippen molar-refractivity contribution in [2.45, 2.75) is 35.9 Å². The first-order chi connectivity index (χ1) is 19.7. The van der Waals surface area contributed by atoms with E-state index in [9.17, 15) is 18.7 Å². The first kappa shape index (κ1) is 29.2. The number of ether oxygens (including phenoxy) is 2. The number of nitrogens with one attached hydrogen (secondary N) is 1. The van der Waals surface area contributed by atoms with Gasteiger partial charge in [-0.3, -0.25) is 4.79 Å². The molecule has 2 N–H and O–H groups in total. The van der Waals surface area contributed by atoms with E-state index in [0.29, 0.717) is 29.5 Å². The molecule has 1 aliphatic rings. The summed E-state index contributed by atoms with van der Waals surface area (Å²) in [5.74, 6) is -1.84. The van der Waals surface area contributed by atoms with Crippen molar-refractivity contribution in [1.82, 2.24) is 14.8 Å². The number of carbonyl (C=O) groups is 1. The molecule has 12 heteroatoms. The molecule has 5 rings (SSSR count). The van der Waals surface area contributed by atoms with Crippen molar-refractivity contribution in [3.05, 3.63) is 113 Å². The van der Waals surface area contributed by atoms with E-state index in [1.807, 2.05) is 0 Å². The number of halogens is 3. The van der Waals surface area contributed by atoms with Crippen LogP contribution >= 0.6 is 23.4 Å². The molecular weight excluding hydrogens is 574 g/mol. The highest BCUT2D eigenvalue weighted by molar-refractivity contribution is 8.00. The zero-order valence-corrected chi connectivity index (χ0v) is 23.5. The van der Waals surface area contributed by atoms with Crippen LogP contribution in [0.5, 0.6) is 0 Å². The van der Waals surface area contributed by atoms with E-state index < -0.39 is 28.8 Å². The molecule has 41 heavy (non-hydrogen) atoms. The lowest BCUT2D eigenvalue weighted by atomic mass is 9.90. The Morgan fingerprint density at radius 1 is 1.15 bits per heavy atom. The SMILES string of the molecule is C[C@@H](SC1COC(c2ccc(C(=O)Nc3ccc(Cl)cc3)cc2)OC1)[C@](O)(Cn1cncn1)c1ccc(F)cc1F. The highest BCUT2D eigenvalue weighted by atomic mass is 35.5. The molecular formula is C29H27ClF2N4O4S. The summed E-state index contributed by atoms with van der Waals surface area (Å²) in [6, 6.07) is 16.9. The molecule has 0 radical (unpaired) electrons. The van der Waals surface area contributed by atoms with Crippen molar-refractivity contribution >= 4 is 35.0 Å². The van der Waals surface area contributed by atoms with Crippen molar-refractivity contribution in [1.29, 1.82) is 0 Å². The summed E-state index contributed by atoms with van der Waals surface area (Å²) in [5, 5.41) is 18.5. The molecule has 0 spiro atoms. The summed E-state index contributed by atoms with van der Waals surface area (Å²) in [6.07, 6.45) is 2.12. The molecule has 0 saturated carbocycles. The molecule has 214 valence electrons. The largest absolute Gasteiger partial charge is 0.382 e. The molecule has 1 fully saturated rings. The van der Waals surface area contributed by atoms with Crippen LogP contribution in [0, 0.1) is 11.6 Å². The van der Waals surface area contributed by atoms with Crippen molar-refractivity contribution in [3.8, 4) is 0 Å². The fraction of sp³-hybridized carbons (Fsp3) is 0.276. The van der Waals surface area contributed by atoms with Crippen LogP contribution in [0.3, 0.4) is 0 Å². The molecule has 1 aromatic heterocycles. The van der Waals surface area contributed by atoms with Gasteiger partial charge in [0.15, 0.2) is 6.29 Å². The van der Waals surface area contributed by atoms with Crippen LogP contribution in [-0.4, -0.2) is 49.5 Å². The van der Waals surface area contributed by atoms with Crippen LogP contribution in [0.4, 0.5) is 14.5 Å². The minimum atomic E-state index is -1.73. The minimum Gasteiger partial charge on any atom is -0.382 e. The second kappa shape index (κ2) is 12.7. The van der Waals surface area contributed by atoms with Gasteiger partial charge in [0.1, 0.15) is 29.9 Å². The highest BCUT2D eigenvalue weighted by Crippen LogP contribution is 2.39. The normalized spacial score (nSPS) is 19.3. The number of hydrogen-bond donors (Lipinski definition) is 2. The molecule has 4 aromatic rings. The lowest BCUT2D eigenvalue weighted by molar-refractivity contribution is -0.180. The van der Waals surface area contributed by atoms with Gasteiger partial charge in [-0.1, -0.05) is 36.7 Å². The third-order valence-corrected chi connectivity index (χ3v) is 8.46. The van der Waals surface area contributed by atoms with E-state index >= 15 is 0 Å². The zero-order chi connectivity index (χ0) is 29.0. The predicted octanol–water partition coefficient (Wildman–Crippen LogP) is 5.59. The van der Waals surface area contributed by atoms with Gasteiger partial charge in [0.2, 0.25) is 0 Å². The van der Waals surface area contributed by atoms with E-state index in [1.165, 1.54) is 35.2 Å². The van der Waals surface area contributed by atoms with E-state index in [0.717, 1.165) is 17.7 Å². The first-order valence-corrected chi connectivity index (χ1v) is 14.1. The highest BCUT2D eigenvalue weighted by Gasteiger charge is 2.41. The van der Waals surface area contributed by atoms with Gasteiger partial charge >= 0.3 is 0 Å². The van der Waals surface area contributed by atoms with E-state index in [2.05, 4.69) is 15.4 Å². The van der Waals surface area contributed by atoms with Gasteiger partial charge < -0.3 is 19.9 Å². The average molecular weight is 601 g/mol. The molecule has 1 aliphatic heterocycles. The van der Waals surface area contributed by atoms with Gasteiger partial charge in [-0.2, -0.15) is 5.10 Å². The van der Waals surface area contributed by atoms with Crippen molar-refractivity contribution in [3.63, 3.8) is 0 Å². The smallest absolute Gasteiger partial charge is 0.255 e. The maximum atomic E-state index is 14.8. The Kier molecular flexibility index (Phi) is 9.00. The lowest BCUT2D eigenvalue weighted by Gasteiger charge is -2.37. The molecule has 0 bridgehead atoms. The summed E-state index contributed by atoms with van der Waals surface area (Å²) in [4.78, 5) is 16.5. The number of hydrogen-bond acceptors (Lipinski definition) is 7. The Morgan fingerprint density at radius 2 is 1.85 bits per heavy atom. The van der Waals surface area contributed by atoms with Gasteiger partial charge in [-0.25, -0.2) is 18.4 Å². The molecule has 8 nitrogen and oxygen atoms in total. The minimum absolute atomic E-state index is 0.0369. The van der Waals surface area contributed by atoms with Gasteiger partial charge in [0.25, 0.3) is 5.91 Å². The number of benzene rings is 3. The summed E-state index contributed by atoms with van der Waals surface area (Å²) >= 11 is 7.27. The van der Waals surface area contributed by atoms with Crippen LogP contribution < -0.4 is 5.32 Å². The number of thioether (sulfide) groups is 1. The average Bonchev–Trinajstić information content (AvgIpc) is 3.47.